The van der Waals surface area contributed by atoms with Crippen LogP contribution in [0.1, 0.15) is 53.9 Å². The Bertz CT molecular complexity index is 1460. The van der Waals surface area contributed by atoms with Crippen LogP contribution in [0.5, 0.6) is 0 Å². The zero-order chi connectivity index (χ0) is 26.7. The molecule has 1 heterocycles. The van der Waals surface area contributed by atoms with E-state index in [-0.39, 0.29) is 34.6 Å². The van der Waals surface area contributed by atoms with Gasteiger partial charge in [0.2, 0.25) is 0 Å². The van der Waals surface area contributed by atoms with Crippen molar-refractivity contribution in [3.05, 3.63) is 105 Å². The molecule has 11 heteroatoms. The van der Waals surface area contributed by atoms with Gasteiger partial charge in [-0.1, -0.05) is 30.3 Å². The van der Waals surface area contributed by atoms with E-state index in [0.717, 1.165) is 4.90 Å². The minimum absolute atomic E-state index is 0.0937. The minimum Gasteiger partial charge on any atom is -0.321 e. The highest BCUT2D eigenvalue weighted by atomic mass is 16.6. The van der Waals surface area contributed by atoms with Crippen molar-refractivity contribution in [2.75, 3.05) is 11.9 Å². The molecule has 0 aliphatic carbocycles. The first kappa shape index (κ1) is 24.9. The number of nitrogens with zero attached hydrogens (tertiary/aromatic N) is 3. The molecule has 1 aliphatic rings. The van der Waals surface area contributed by atoms with Gasteiger partial charge in [-0.15, -0.1) is 0 Å². The average molecular weight is 499 g/mol. The van der Waals surface area contributed by atoms with Gasteiger partial charge in [0.25, 0.3) is 29.3 Å². The van der Waals surface area contributed by atoms with Crippen LogP contribution < -0.4 is 10.7 Å². The highest BCUT2D eigenvalue weighted by molar-refractivity contribution is 6.22. The smallest absolute Gasteiger partial charge is 0.273 e. The lowest BCUT2D eigenvalue weighted by atomic mass is 10.1. The summed E-state index contributed by atoms with van der Waals surface area (Å²) in [6, 6.07) is 16.8. The van der Waals surface area contributed by atoms with Crippen molar-refractivity contribution in [3.8, 4) is 0 Å². The number of fused-ring (bicyclic) bond motifs is 1. The van der Waals surface area contributed by atoms with Crippen molar-refractivity contribution in [2.24, 2.45) is 5.10 Å². The predicted octanol–water partition coefficient (Wildman–Crippen LogP) is 3.56. The maximum absolute atomic E-state index is 12.8. The van der Waals surface area contributed by atoms with Crippen molar-refractivity contribution in [2.45, 2.75) is 13.8 Å². The Kier molecular flexibility index (Phi) is 6.87. The zero-order valence-corrected chi connectivity index (χ0v) is 19.8. The normalized spacial score (nSPS) is 12.8. The molecule has 3 aromatic rings. The number of nitro benzene ring substituents is 1. The fraction of sp³-hybridized carbons (Fsp3) is 0.115. The topological polar surface area (TPSA) is 151 Å². The van der Waals surface area contributed by atoms with E-state index in [1.807, 2.05) is 0 Å². The molecule has 186 valence electrons. The number of hydrogen-bond donors (Lipinski definition) is 2. The Morgan fingerprint density at radius 1 is 0.892 bits per heavy atom. The van der Waals surface area contributed by atoms with Crippen LogP contribution in [0.2, 0.25) is 0 Å². The van der Waals surface area contributed by atoms with Crippen LogP contribution in [0.4, 0.5) is 11.4 Å². The molecule has 0 saturated heterocycles. The number of hydrogen-bond acceptors (Lipinski definition) is 7. The van der Waals surface area contributed by atoms with Crippen molar-refractivity contribution >= 4 is 40.7 Å². The van der Waals surface area contributed by atoms with Crippen LogP contribution in [0.25, 0.3) is 0 Å². The van der Waals surface area contributed by atoms with Gasteiger partial charge in [-0.05, 0) is 44.2 Å². The first-order valence-corrected chi connectivity index (χ1v) is 11.1. The Morgan fingerprint density at radius 2 is 1.49 bits per heavy atom. The molecule has 2 N–H and O–H groups in total. The first-order valence-electron chi connectivity index (χ1n) is 11.1. The molecule has 1 aliphatic heterocycles. The summed E-state index contributed by atoms with van der Waals surface area (Å²) in [6.07, 6.45) is 0. The molecular weight excluding hydrogens is 478 g/mol. The largest absolute Gasteiger partial charge is 0.321 e. The Hall–Kier alpha value is -5.19. The van der Waals surface area contributed by atoms with Crippen LogP contribution in [-0.4, -0.2) is 45.7 Å². The second-order valence-electron chi connectivity index (χ2n) is 8.24. The Balaban J connectivity index is 1.46. The minimum atomic E-state index is -0.645. The van der Waals surface area contributed by atoms with E-state index in [4.69, 9.17) is 0 Å². The first-order chi connectivity index (χ1) is 17.7. The van der Waals surface area contributed by atoms with Crippen LogP contribution >= 0.6 is 0 Å². The lowest BCUT2D eigenvalue weighted by Crippen LogP contribution is -2.35. The number of anilines is 1. The summed E-state index contributed by atoms with van der Waals surface area (Å²) in [4.78, 5) is 62.4. The van der Waals surface area contributed by atoms with E-state index >= 15 is 0 Å². The zero-order valence-electron chi connectivity index (χ0n) is 19.8. The second-order valence-corrected chi connectivity index (χ2v) is 8.24. The van der Waals surface area contributed by atoms with E-state index in [1.54, 1.807) is 43.3 Å². The van der Waals surface area contributed by atoms with E-state index < -0.39 is 28.6 Å². The lowest BCUT2D eigenvalue weighted by Gasteiger charge is -2.14. The molecule has 4 amide bonds. The van der Waals surface area contributed by atoms with E-state index in [0.29, 0.717) is 16.8 Å². The van der Waals surface area contributed by atoms with E-state index in [9.17, 15) is 29.3 Å². The monoisotopic (exact) mass is 499 g/mol. The molecule has 0 fully saturated rings. The number of carbonyl (C=O) groups excluding carboxylic acids is 4. The van der Waals surface area contributed by atoms with Crippen molar-refractivity contribution in [3.63, 3.8) is 0 Å². The van der Waals surface area contributed by atoms with Gasteiger partial charge in [-0.25, -0.2) is 5.43 Å². The third-order valence-electron chi connectivity index (χ3n) is 5.78. The number of amides is 4. The summed E-state index contributed by atoms with van der Waals surface area (Å²) in [5, 5.41) is 17.8. The molecule has 0 saturated carbocycles. The van der Waals surface area contributed by atoms with Gasteiger partial charge in [0.1, 0.15) is 0 Å². The Morgan fingerprint density at radius 3 is 2.14 bits per heavy atom. The second kappa shape index (κ2) is 10.2. The van der Waals surface area contributed by atoms with Crippen LogP contribution in [0.15, 0.2) is 71.8 Å². The van der Waals surface area contributed by atoms with Gasteiger partial charge >= 0.3 is 0 Å². The molecule has 0 spiro atoms. The molecule has 11 nitrogen and oxygen atoms in total. The number of hydrazone groups is 1. The van der Waals surface area contributed by atoms with E-state index in [2.05, 4.69) is 15.8 Å². The van der Waals surface area contributed by atoms with Gasteiger partial charge in [0.05, 0.1) is 39.6 Å². The van der Waals surface area contributed by atoms with Gasteiger partial charge in [0.15, 0.2) is 0 Å². The third-order valence-corrected chi connectivity index (χ3v) is 5.78. The number of rotatable bonds is 7. The van der Waals surface area contributed by atoms with Gasteiger partial charge < -0.3 is 5.32 Å². The number of para-hydroxylation sites is 1. The lowest BCUT2D eigenvalue weighted by molar-refractivity contribution is -0.385. The predicted molar refractivity (Wildman–Crippen MR) is 135 cm³/mol. The Labute approximate surface area is 210 Å². The van der Waals surface area contributed by atoms with Crippen molar-refractivity contribution in [1.82, 2.24) is 10.3 Å². The maximum Gasteiger partial charge on any atom is 0.273 e. The van der Waals surface area contributed by atoms with E-state index in [1.165, 1.54) is 37.3 Å². The van der Waals surface area contributed by atoms with Crippen LogP contribution in [-0.2, 0) is 0 Å². The quantitative estimate of drug-likeness (QED) is 0.220. The molecule has 37 heavy (non-hydrogen) atoms. The number of imide groups is 1. The fourth-order valence-electron chi connectivity index (χ4n) is 3.90. The SMILES string of the molecule is C/C(CN1C(=O)c2ccccc2C1=O)=N\NC(=O)c1ccccc1NC(=O)c1cccc([N+](=O)[O-])c1C. The van der Waals surface area contributed by atoms with Crippen LogP contribution in [0, 0.1) is 17.0 Å². The summed E-state index contributed by atoms with van der Waals surface area (Å²) in [6.45, 7) is 2.91. The molecule has 0 aromatic heterocycles. The van der Waals surface area contributed by atoms with Gasteiger partial charge in [-0.2, -0.15) is 5.10 Å². The van der Waals surface area contributed by atoms with Gasteiger partial charge in [-0.3, -0.25) is 34.2 Å². The number of nitro groups is 1. The highest BCUT2D eigenvalue weighted by Crippen LogP contribution is 2.24. The molecule has 0 bridgehead atoms. The summed E-state index contributed by atoms with van der Waals surface area (Å²) in [5.74, 6) is -2.14. The molecule has 0 atom stereocenters. The average Bonchev–Trinajstić information content (AvgIpc) is 3.12. The fourth-order valence-corrected chi connectivity index (χ4v) is 3.90. The molecule has 4 rings (SSSR count). The molecular formula is C26H21N5O6. The number of nitrogens with one attached hydrogen (secondary N) is 2. The number of carbonyl (C=O) groups is 4. The highest BCUT2D eigenvalue weighted by Gasteiger charge is 2.35. The molecule has 0 radical (unpaired) electrons. The molecule has 3 aromatic carbocycles. The van der Waals surface area contributed by atoms with Crippen molar-refractivity contribution in [1.29, 1.82) is 0 Å². The number of benzene rings is 3. The summed E-state index contributed by atoms with van der Waals surface area (Å²) >= 11 is 0. The van der Waals surface area contributed by atoms with Gasteiger partial charge in [0, 0.05) is 17.2 Å². The summed E-state index contributed by atoms with van der Waals surface area (Å²) in [7, 11) is 0. The summed E-state index contributed by atoms with van der Waals surface area (Å²) < 4.78 is 0. The van der Waals surface area contributed by atoms with Crippen molar-refractivity contribution < 1.29 is 24.1 Å². The maximum atomic E-state index is 12.8. The standard InChI is InChI=1S/C26H21N5O6/c1-15(14-30-25(34)18-8-3-4-9-19(18)26(30)35)28-29-24(33)20-10-5-6-12-21(20)27-23(32)17-11-7-13-22(16(17)2)31(36)37/h3-13H,14H2,1-2H3,(H,27,32)(H,29,33)/b28-15+. The molecule has 0 unspecified atom stereocenters. The van der Waals surface area contributed by atoms with Crippen LogP contribution in [0.3, 0.4) is 0 Å². The summed E-state index contributed by atoms with van der Waals surface area (Å²) in [5.41, 5.74) is 3.66. The third kappa shape index (κ3) is 4.96.